The molecular weight excluding hydrogens is 326 g/mol. The van der Waals surface area contributed by atoms with E-state index in [4.69, 9.17) is 16.7 Å². The molecule has 0 spiro atoms. The molecule has 116 valence electrons. The summed E-state index contributed by atoms with van der Waals surface area (Å²) in [6, 6.07) is 12.3. The van der Waals surface area contributed by atoms with E-state index in [2.05, 4.69) is 0 Å². The van der Waals surface area contributed by atoms with Crippen LogP contribution in [-0.4, -0.2) is 26.0 Å². The van der Waals surface area contributed by atoms with Gasteiger partial charge < -0.3 is 5.11 Å². The maximum absolute atomic E-state index is 12.7. The number of hydrogen-bond donors (Lipinski definition) is 1. The van der Waals surface area contributed by atoms with Crippen LogP contribution in [0.3, 0.4) is 0 Å². The van der Waals surface area contributed by atoms with Crippen molar-refractivity contribution in [1.29, 1.82) is 0 Å². The average Bonchev–Trinajstić information content (AvgIpc) is 2.45. The van der Waals surface area contributed by atoms with E-state index >= 15 is 0 Å². The second-order valence-corrected chi connectivity index (χ2v) is 7.00. The fraction of sp³-hybridized carbons (Fsp3) is 0.133. The quantitative estimate of drug-likeness (QED) is 0.908. The molecule has 0 aliphatic carbocycles. The number of carboxylic acid groups (broad SMARTS) is 1. The van der Waals surface area contributed by atoms with Gasteiger partial charge in [-0.25, -0.2) is 8.42 Å². The molecule has 0 radical (unpaired) electrons. The van der Waals surface area contributed by atoms with Gasteiger partial charge >= 0.3 is 5.97 Å². The van der Waals surface area contributed by atoms with Gasteiger partial charge in [-0.05, 0) is 48.9 Å². The highest BCUT2D eigenvalue weighted by atomic mass is 35.5. The summed E-state index contributed by atoms with van der Waals surface area (Å²) in [4.78, 5) is 11.1. The van der Waals surface area contributed by atoms with E-state index in [1.807, 2.05) is 0 Å². The molecule has 0 aliphatic rings. The van der Waals surface area contributed by atoms with Crippen LogP contribution >= 0.6 is 11.6 Å². The molecule has 0 saturated heterocycles. The molecule has 7 heteroatoms. The molecule has 2 aromatic rings. The second kappa shape index (κ2) is 6.37. The molecule has 0 aliphatic heterocycles. The SMILES string of the molecule is Cc1cccc(N(CC(=O)O)S(=O)(=O)c2ccc(Cl)cc2)c1. The first-order valence-corrected chi connectivity index (χ1v) is 8.19. The Bertz CT molecular complexity index is 787. The van der Waals surface area contributed by atoms with E-state index in [0.717, 1.165) is 9.87 Å². The number of benzene rings is 2. The predicted molar refractivity (Wildman–Crippen MR) is 84.8 cm³/mol. The van der Waals surface area contributed by atoms with Crippen molar-refractivity contribution in [2.24, 2.45) is 0 Å². The van der Waals surface area contributed by atoms with Crippen molar-refractivity contribution in [2.75, 3.05) is 10.8 Å². The summed E-state index contributed by atoms with van der Waals surface area (Å²) in [7, 11) is -3.99. The van der Waals surface area contributed by atoms with Gasteiger partial charge in [0.25, 0.3) is 10.0 Å². The highest BCUT2D eigenvalue weighted by Crippen LogP contribution is 2.25. The summed E-state index contributed by atoms with van der Waals surface area (Å²) >= 11 is 5.76. The van der Waals surface area contributed by atoms with E-state index in [-0.39, 0.29) is 4.90 Å². The Morgan fingerprint density at radius 2 is 1.82 bits per heavy atom. The van der Waals surface area contributed by atoms with Gasteiger partial charge in [0, 0.05) is 5.02 Å². The monoisotopic (exact) mass is 339 g/mol. The summed E-state index contributed by atoms with van der Waals surface area (Å²) in [5.41, 5.74) is 1.14. The summed E-state index contributed by atoms with van der Waals surface area (Å²) in [6.45, 7) is 1.14. The van der Waals surface area contributed by atoms with Gasteiger partial charge in [-0.2, -0.15) is 0 Å². The topological polar surface area (TPSA) is 74.7 Å². The zero-order valence-corrected chi connectivity index (χ0v) is 13.3. The Morgan fingerprint density at radius 3 is 2.36 bits per heavy atom. The van der Waals surface area contributed by atoms with Crippen LogP contribution in [0, 0.1) is 6.92 Å². The molecule has 0 amide bonds. The third kappa shape index (κ3) is 3.58. The van der Waals surface area contributed by atoms with Crippen molar-refractivity contribution in [3.05, 3.63) is 59.1 Å². The molecule has 2 aromatic carbocycles. The molecule has 0 heterocycles. The molecule has 22 heavy (non-hydrogen) atoms. The lowest BCUT2D eigenvalue weighted by molar-refractivity contribution is -0.135. The van der Waals surface area contributed by atoms with E-state index < -0.39 is 22.5 Å². The van der Waals surface area contributed by atoms with Gasteiger partial charge in [0.2, 0.25) is 0 Å². The number of carbonyl (C=O) groups is 1. The Morgan fingerprint density at radius 1 is 1.18 bits per heavy atom. The second-order valence-electron chi connectivity index (χ2n) is 4.70. The van der Waals surface area contributed by atoms with Crippen molar-refractivity contribution >= 4 is 33.3 Å². The van der Waals surface area contributed by atoms with Gasteiger partial charge in [-0.1, -0.05) is 23.7 Å². The van der Waals surface area contributed by atoms with Crippen LogP contribution < -0.4 is 4.31 Å². The molecule has 1 N–H and O–H groups in total. The minimum Gasteiger partial charge on any atom is -0.480 e. The minimum atomic E-state index is -3.99. The van der Waals surface area contributed by atoms with Crippen molar-refractivity contribution in [3.63, 3.8) is 0 Å². The first-order valence-electron chi connectivity index (χ1n) is 6.37. The van der Waals surface area contributed by atoms with E-state index in [9.17, 15) is 13.2 Å². The minimum absolute atomic E-state index is 0.0142. The number of hydrogen-bond acceptors (Lipinski definition) is 3. The van der Waals surface area contributed by atoms with Crippen molar-refractivity contribution < 1.29 is 18.3 Å². The number of anilines is 1. The maximum atomic E-state index is 12.7. The number of aliphatic carboxylic acids is 1. The van der Waals surface area contributed by atoms with Gasteiger partial charge in [0.15, 0.2) is 0 Å². The zero-order chi connectivity index (χ0) is 16.3. The fourth-order valence-corrected chi connectivity index (χ4v) is 3.49. The summed E-state index contributed by atoms with van der Waals surface area (Å²) < 4.78 is 26.3. The number of halogens is 1. The maximum Gasteiger partial charge on any atom is 0.324 e. The average molecular weight is 340 g/mol. The summed E-state index contributed by atoms with van der Waals surface area (Å²) in [5.74, 6) is -1.24. The van der Waals surface area contributed by atoms with Crippen LogP contribution in [0.5, 0.6) is 0 Å². The van der Waals surface area contributed by atoms with Crippen LogP contribution in [0.15, 0.2) is 53.4 Å². The molecule has 0 saturated carbocycles. The van der Waals surface area contributed by atoms with Crippen LogP contribution in [0.2, 0.25) is 5.02 Å². The first-order chi connectivity index (χ1) is 10.3. The lowest BCUT2D eigenvalue weighted by Gasteiger charge is -2.23. The Kier molecular flexibility index (Phi) is 4.73. The molecule has 0 atom stereocenters. The van der Waals surface area contributed by atoms with Gasteiger partial charge in [0.05, 0.1) is 10.6 Å². The standard InChI is InChI=1S/C15H14ClNO4S/c1-11-3-2-4-13(9-11)17(10-15(18)19)22(20,21)14-7-5-12(16)6-8-14/h2-9H,10H2,1H3,(H,18,19). The summed E-state index contributed by atoms with van der Waals surface area (Å²) in [5, 5.41) is 9.44. The fourth-order valence-electron chi connectivity index (χ4n) is 1.95. The number of rotatable bonds is 5. The third-order valence-corrected chi connectivity index (χ3v) is 5.01. The largest absolute Gasteiger partial charge is 0.480 e. The lowest BCUT2D eigenvalue weighted by atomic mass is 10.2. The highest BCUT2D eigenvalue weighted by molar-refractivity contribution is 7.92. The smallest absolute Gasteiger partial charge is 0.324 e. The number of nitrogens with zero attached hydrogens (tertiary/aromatic N) is 1. The van der Waals surface area contributed by atoms with E-state index in [1.54, 1.807) is 31.2 Å². The van der Waals surface area contributed by atoms with E-state index in [1.165, 1.54) is 24.3 Å². The molecule has 0 unspecified atom stereocenters. The molecule has 2 rings (SSSR count). The van der Waals surface area contributed by atoms with Crippen LogP contribution in [0.25, 0.3) is 0 Å². The number of aryl methyl sites for hydroxylation is 1. The first kappa shape index (κ1) is 16.3. The molecule has 0 fully saturated rings. The van der Waals surface area contributed by atoms with Crippen molar-refractivity contribution in [1.82, 2.24) is 0 Å². The number of sulfonamides is 1. The van der Waals surface area contributed by atoms with Crippen LogP contribution in [0.1, 0.15) is 5.56 Å². The van der Waals surface area contributed by atoms with Gasteiger partial charge in [-0.15, -0.1) is 0 Å². The molecule has 0 aromatic heterocycles. The summed E-state index contributed by atoms with van der Waals surface area (Å²) in [6.07, 6.45) is 0. The normalized spacial score (nSPS) is 11.2. The van der Waals surface area contributed by atoms with Crippen molar-refractivity contribution in [3.8, 4) is 0 Å². The molecular formula is C15H14ClNO4S. The van der Waals surface area contributed by atoms with Crippen LogP contribution in [0.4, 0.5) is 5.69 Å². The highest BCUT2D eigenvalue weighted by Gasteiger charge is 2.27. The van der Waals surface area contributed by atoms with Crippen LogP contribution in [-0.2, 0) is 14.8 Å². The van der Waals surface area contributed by atoms with Crippen molar-refractivity contribution in [2.45, 2.75) is 11.8 Å². The van der Waals surface area contributed by atoms with E-state index in [0.29, 0.717) is 10.7 Å². The van der Waals surface area contributed by atoms with Gasteiger partial charge in [-0.3, -0.25) is 9.10 Å². The Labute approximate surface area is 133 Å². The zero-order valence-electron chi connectivity index (χ0n) is 11.7. The predicted octanol–water partition coefficient (Wildman–Crippen LogP) is 2.93. The lowest BCUT2D eigenvalue weighted by Crippen LogP contribution is -2.35. The Hall–Kier alpha value is -2.05. The number of carboxylic acids is 1. The molecule has 5 nitrogen and oxygen atoms in total. The molecule has 0 bridgehead atoms. The third-order valence-electron chi connectivity index (χ3n) is 2.97. The van der Waals surface area contributed by atoms with Gasteiger partial charge in [0.1, 0.15) is 6.54 Å². The Balaban J connectivity index is 2.53.